The maximum atomic E-state index is 13.0. The quantitative estimate of drug-likeness (QED) is 0.526. The summed E-state index contributed by atoms with van der Waals surface area (Å²) in [4.78, 5) is 24.9. The number of aromatic nitrogens is 1. The van der Waals surface area contributed by atoms with Gasteiger partial charge in [-0.2, -0.15) is 0 Å². The van der Waals surface area contributed by atoms with Crippen molar-refractivity contribution in [3.63, 3.8) is 0 Å². The number of nitrogens with zero attached hydrogens (tertiary/aromatic N) is 1. The van der Waals surface area contributed by atoms with E-state index >= 15 is 0 Å². The number of rotatable bonds is 7. The fourth-order valence-electron chi connectivity index (χ4n) is 2.74. The number of hydrogen-bond donors (Lipinski definition) is 0. The van der Waals surface area contributed by atoms with Crippen molar-refractivity contribution >= 4 is 41.1 Å². The highest BCUT2D eigenvalue weighted by molar-refractivity contribution is 7.07. The van der Waals surface area contributed by atoms with E-state index in [0.29, 0.717) is 27.4 Å². The van der Waals surface area contributed by atoms with Gasteiger partial charge in [-0.3, -0.25) is 9.36 Å². The average Bonchev–Trinajstić information content (AvgIpc) is 3.00. The van der Waals surface area contributed by atoms with E-state index in [1.54, 1.807) is 25.1 Å². The normalized spacial score (nSPS) is 12.2. The fraction of sp³-hybridized carbons (Fsp3) is 0.217. The van der Waals surface area contributed by atoms with Gasteiger partial charge in [0.15, 0.2) is 0 Å². The molecular formula is C23H22ClNO4S. The van der Waals surface area contributed by atoms with Crippen LogP contribution in [0.1, 0.15) is 18.1 Å². The van der Waals surface area contributed by atoms with E-state index in [9.17, 15) is 9.59 Å². The molecule has 3 rings (SSSR count). The van der Waals surface area contributed by atoms with E-state index in [-0.39, 0.29) is 12.2 Å². The third-order valence-electron chi connectivity index (χ3n) is 4.24. The summed E-state index contributed by atoms with van der Waals surface area (Å²) in [5.41, 5.74) is 1.81. The summed E-state index contributed by atoms with van der Waals surface area (Å²) in [7, 11) is 0. The second-order valence-corrected chi connectivity index (χ2v) is 8.01. The van der Waals surface area contributed by atoms with Gasteiger partial charge in [0.05, 0.1) is 23.8 Å². The Morgan fingerprint density at radius 3 is 2.50 bits per heavy atom. The van der Waals surface area contributed by atoms with Crippen molar-refractivity contribution in [2.75, 3.05) is 13.2 Å². The third kappa shape index (κ3) is 5.84. The number of ether oxygens (including phenoxy) is 2. The van der Waals surface area contributed by atoms with Crippen LogP contribution in [0.3, 0.4) is 0 Å². The molecule has 0 fully saturated rings. The molecule has 1 heterocycles. The molecule has 0 aliphatic heterocycles. The van der Waals surface area contributed by atoms with Crippen molar-refractivity contribution < 1.29 is 14.3 Å². The first-order valence-electron chi connectivity index (χ1n) is 9.51. The summed E-state index contributed by atoms with van der Waals surface area (Å²) < 4.78 is 13.3. The van der Waals surface area contributed by atoms with Gasteiger partial charge in [0, 0.05) is 5.02 Å². The van der Waals surface area contributed by atoms with Gasteiger partial charge in [0.2, 0.25) is 0 Å². The molecule has 30 heavy (non-hydrogen) atoms. The standard InChI is InChI=1S/C23H22ClNO4S/c1-3-28-22(26)15-21-25(12-13-29-19-10-4-16(2)5-11-19)23(27)20(30-21)14-17-6-8-18(24)9-7-17/h4-11,14-15H,3,12-13H2,1-2H3/b20-14-,21-15-. The largest absolute Gasteiger partial charge is 0.492 e. The predicted molar refractivity (Wildman–Crippen MR) is 121 cm³/mol. The summed E-state index contributed by atoms with van der Waals surface area (Å²) in [5, 5.41) is 0.625. The third-order valence-corrected chi connectivity index (χ3v) is 5.55. The second kappa shape index (κ2) is 10.3. The minimum atomic E-state index is -0.481. The molecular weight excluding hydrogens is 422 g/mol. The zero-order valence-corrected chi connectivity index (χ0v) is 18.3. The lowest BCUT2D eigenvalue weighted by atomic mass is 10.2. The van der Waals surface area contributed by atoms with Crippen LogP contribution in [0.5, 0.6) is 5.75 Å². The van der Waals surface area contributed by atoms with Gasteiger partial charge in [-0.05, 0) is 49.8 Å². The van der Waals surface area contributed by atoms with Crippen LogP contribution in [0.2, 0.25) is 5.02 Å². The molecule has 0 atom stereocenters. The molecule has 1 aromatic heterocycles. The van der Waals surface area contributed by atoms with Gasteiger partial charge in [-0.25, -0.2) is 4.79 Å². The molecule has 0 saturated carbocycles. The van der Waals surface area contributed by atoms with Crippen LogP contribution in [-0.2, 0) is 16.1 Å². The highest BCUT2D eigenvalue weighted by Gasteiger charge is 2.08. The van der Waals surface area contributed by atoms with Gasteiger partial charge in [-0.1, -0.05) is 41.4 Å². The summed E-state index contributed by atoms with van der Waals surface area (Å²) in [6, 6.07) is 14.9. The summed E-state index contributed by atoms with van der Waals surface area (Å²) >= 11 is 7.17. The molecule has 0 unspecified atom stereocenters. The number of benzene rings is 2. The molecule has 5 nitrogen and oxygen atoms in total. The number of thiazole rings is 1. The average molecular weight is 444 g/mol. The van der Waals surface area contributed by atoms with Gasteiger partial charge in [-0.15, -0.1) is 11.3 Å². The maximum Gasteiger partial charge on any atom is 0.333 e. The molecule has 0 aliphatic carbocycles. The first-order valence-corrected chi connectivity index (χ1v) is 10.7. The van der Waals surface area contributed by atoms with Crippen LogP contribution < -0.4 is 19.5 Å². The van der Waals surface area contributed by atoms with Gasteiger partial charge >= 0.3 is 5.97 Å². The van der Waals surface area contributed by atoms with Crippen molar-refractivity contribution in [2.24, 2.45) is 0 Å². The Balaban J connectivity index is 1.91. The Morgan fingerprint density at radius 2 is 1.83 bits per heavy atom. The van der Waals surface area contributed by atoms with Crippen molar-refractivity contribution in [3.8, 4) is 5.75 Å². The summed E-state index contributed by atoms with van der Waals surface area (Å²) in [6.45, 7) is 4.62. The van der Waals surface area contributed by atoms with Crippen molar-refractivity contribution in [3.05, 3.63) is 84.2 Å². The van der Waals surface area contributed by atoms with Crippen LogP contribution in [0, 0.1) is 6.92 Å². The minimum Gasteiger partial charge on any atom is -0.492 e. The second-order valence-electron chi connectivity index (χ2n) is 6.52. The molecule has 2 aromatic carbocycles. The number of halogens is 1. The number of aryl methyl sites for hydroxylation is 1. The number of hydrogen-bond acceptors (Lipinski definition) is 5. The molecule has 7 heteroatoms. The predicted octanol–water partition coefficient (Wildman–Crippen LogP) is 3.12. The Labute approximate surface area is 183 Å². The Bertz CT molecular complexity index is 1180. The van der Waals surface area contributed by atoms with E-state index in [2.05, 4.69) is 0 Å². The number of carbonyl (C=O) groups is 1. The highest BCUT2D eigenvalue weighted by Crippen LogP contribution is 2.11. The van der Waals surface area contributed by atoms with Crippen LogP contribution in [0.25, 0.3) is 12.2 Å². The molecule has 0 radical (unpaired) electrons. The molecule has 0 N–H and O–H groups in total. The van der Waals surface area contributed by atoms with Crippen molar-refractivity contribution in [1.82, 2.24) is 4.57 Å². The topological polar surface area (TPSA) is 57.5 Å². The van der Waals surface area contributed by atoms with Crippen LogP contribution in [0.4, 0.5) is 0 Å². The lowest BCUT2D eigenvalue weighted by Gasteiger charge is -2.07. The van der Waals surface area contributed by atoms with Gasteiger partial charge in [0.1, 0.15) is 17.0 Å². The first kappa shape index (κ1) is 21.9. The monoisotopic (exact) mass is 443 g/mol. The Hall–Kier alpha value is -2.83. The van der Waals surface area contributed by atoms with Gasteiger partial charge in [0.25, 0.3) is 5.56 Å². The Morgan fingerprint density at radius 1 is 1.13 bits per heavy atom. The van der Waals surface area contributed by atoms with Gasteiger partial charge < -0.3 is 9.47 Å². The SMILES string of the molecule is CCOC(=O)/C=c1\s/c(=C\c2ccc(Cl)cc2)c(=O)n1CCOc1ccc(C)cc1. The zero-order valence-electron chi connectivity index (χ0n) is 16.8. The van der Waals surface area contributed by atoms with E-state index < -0.39 is 5.97 Å². The minimum absolute atomic E-state index is 0.182. The van der Waals surface area contributed by atoms with Crippen molar-refractivity contribution in [2.45, 2.75) is 20.4 Å². The molecule has 0 bridgehead atoms. The van der Waals surface area contributed by atoms with Crippen molar-refractivity contribution in [1.29, 1.82) is 0 Å². The molecule has 156 valence electrons. The lowest BCUT2D eigenvalue weighted by molar-refractivity contribution is -0.135. The Kier molecular flexibility index (Phi) is 7.49. The van der Waals surface area contributed by atoms with E-state index in [0.717, 1.165) is 16.9 Å². The summed E-state index contributed by atoms with van der Waals surface area (Å²) in [5.74, 6) is 0.248. The molecule has 3 aromatic rings. The maximum absolute atomic E-state index is 13.0. The fourth-order valence-corrected chi connectivity index (χ4v) is 3.92. The lowest BCUT2D eigenvalue weighted by Crippen LogP contribution is -2.33. The molecule has 0 aliphatic rings. The number of carbonyl (C=O) groups excluding carboxylic acids is 1. The molecule has 0 amide bonds. The van der Waals surface area contributed by atoms with E-state index in [1.807, 2.05) is 43.3 Å². The van der Waals surface area contributed by atoms with Crippen LogP contribution >= 0.6 is 22.9 Å². The summed E-state index contributed by atoms with van der Waals surface area (Å²) in [6.07, 6.45) is 3.13. The molecule has 0 saturated heterocycles. The number of esters is 1. The van der Waals surface area contributed by atoms with E-state index in [4.69, 9.17) is 21.1 Å². The molecule has 0 spiro atoms. The highest BCUT2D eigenvalue weighted by atomic mass is 35.5. The smallest absolute Gasteiger partial charge is 0.333 e. The van der Waals surface area contributed by atoms with E-state index in [1.165, 1.54) is 22.0 Å². The van der Waals surface area contributed by atoms with Crippen LogP contribution in [-0.4, -0.2) is 23.8 Å². The first-order chi connectivity index (χ1) is 14.5. The van der Waals surface area contributed by atoms with Crippen LogP contribution in [0.15, 0.2) is 53.3 Å². The zero-order chi connectivity index (χ0) is 21.5.